The van der Waals surface area contributed by atoms with Gasteiger partial charge in [-0.25, -0.2) is 4.79 Å². The van der Waals surface area contributed by atoms with Crippen LogP contribution in [0.2, 0.25) is 0 Å². The summed E-state index contributed by atoms with van der Waals surface area (Å²) in [7, 11) is 1.38. The number of aromatic carboxylic acids is 1. The summed E-state index contributed by atoms with van der Waals surface area (Å²) in [5.74, 6) is -0.342. The Morgan fingerprint density at radius 3 is 2.57 bits per heavy atom. The van der Waals surface area contributed by atoms with Gasteiger partial charge in [-0.05, 0) is 24.3 Å². The lowest BCUT2D eigenvalue weighted by atomic mass is 10.2. The molecule has 1 N–H and O–H groups in total. The lowest BCUT2D eigenvalue weighted by molar-refractivity contribution is -0.384. The average molecular weight is 289 g/mol. The highest BCUT2D eigenvalue weighted by Crippen LogP contribution is 2.33. The van der Waals surface area contributed by atoms with E-state index in [0.717, 1.165) is 0 Å². The third kappa shape index (κ3) is 3.27. The van der Waals surface area contributed by atoms with Crippen LogP contribution in [-0.4, -0.2) is 23.1 Å². The first kappa shape index (κ1) is 14.3. The van der Waals surface area contributed by atoms with Crippen LogP contribution >= 0.6 is 0 Å². The Hall–Kier alpha value is -3.09. The second-order valence-electron chi connectivity index (χ2n) is 4.03. The Bertz CT molecular complexity index is 698. The maximum Gasteiger partial charge on any atom is 0.335 e. The van der Waals surface area contributed by atoms with Crippen LogP contribution in [0, 0.1) is 10.1 Å². The van der Waals surface area contributed by atoms with Gasteiger partial charge < -0.3 is 14.6 Å². The molecule has 2 aromatic rings. The number of carbonyl (C=O) groups is 1. The summed E-state index contributed by atoms with van der Waals surface area (Å²) in [5.41, 5.74) is -0.0492. The van der Waals surface area contributed by atoms with E-state index < -0.39 is 10.9 Å². The predicted molar refractivity (Wildman–Crippen MR) is 73.1 cm³/mol. The van der Waals surface area contributed by atoms with Crippen molar-refractivity contribution in [2.45, 2.75) is 0 Å². The zero-order valence-electron chi connectivity index (χ0n) is 11.0. The molecule has 0 aliphatic rings. The monoisotopic (exact) mass is 289 g/mol. The summed E-state index contributed by atoms with van der Waals surface area (Å²) < 4.78 is 10.6. The van der Waals surface area contributed by atoms with Crippen molar-refractivity contribution in [3.05, 3.63) is 58.1 Å². The van der Waals surface area contributed by atoms with Crippen molar-refractivity contribution in [2.24, 2.45) is 0 Å². The molecule has 0 atom stereocenters. The smallest absolute Gasteiger partial charge is 0.335 e. The molecule has 0 aromatic heterocycles. The number of methoxy groups -OCH3 is 1. The first-order valence-electron chi connectivity index (χ1n) is 5.85. The number of nitrogens with zero attached hydrogens (tertiary/aromatic N) is 1. The first-order chi connectivity index (χ1) is 10.0. The van der Waals surface area contributed by atoms with Crippen LogP contribution in [0.15, 0.2) is 42.5 Å². The number of hydrogen-bond acceptors (Lipinski definition) is 5. The summed E-state index contributed by atoms with van der Waals surface area (Å²) in [6.45, 7) is 0. The van der Waals surface area contributed by atoms with Gasteiger partial charge in [0.15, 0.2) is 11.5 Å². The second-order valence-corrected chi connectivity index (χ2v) is 4.03. The molecule has 0 fully saturated rings. The van der Waals surface area contributed by atoms with E-state index in [2.05, 4.69) is 0 Å². The highest BCUT2D eigenvalue weighted by atomic mass is 16.6. The van der Waals surface area contributed by atoms with Gasteiger partial charge in [-0.15, -0.1) is 0 Å². The normalized spacial score (nSPS) is 9.95. The van der Waals surface area contributed by atoms with Crippen molar-refractivity contribution in [3.8, 4) is 17.2 Å². The van der Waals surface area contributed by atoms with Crippen molar-refractivity contribution < 1.29 is 24.3 Å². The number of rotatable bonds is 5. The van der Waals surface area contributed by atoms with Gasteiger partial charge in [-0.2, -0.15) is 0 Å². The molecule has 0 amide bonds. The van der Waals surface area contributed by atoms with Crippen LogP contribution in [-0.2, 0) is 0 Å². The number of nitro benzene ring substituents is 1. The Kier molecular flexibility index (Phi) is 4.03. The zero-order chi connectivity index (χ0) is 15.4. The molecule has 0 aliphatic carbocycles. The van der Waals surface area contributed by atoms with Gasteiger partial charge in [0, 0.05) is 6.07 Å². The Morgan fingerprint density at radius 1 is 1.19 bits per heavy atom. The second kappa shape index (κ2) is 5.91. The van der Waals surface area contributed by atoms with Crippen LogP contribution < -0.4 is 9.47 Å². The fraction of sp³-hybridized carbons (Fsp3) is 0.0714. The molecule has 0 heterocycles. The van der Waals surface area contributed by atoms with Gasteiger partial charge in [0.2, 0.25) is 0 Å². The quantitative estimate of drug-likeness (QED) is 0.670. The van der Waals surface area contributed by atoms with Crippen molar-refractivity contribution in [1.82, 2.24) is 0 Å². The van der Waals surface area contributed by atoms with Gasteiger partial charge in [0.05, 0.1) is 23.7 Å². The zero-order valence-corrected chi connectivity index (χ0v) is 11.0. The van der Waals surface area contributed by atoms with Crippen molar-refractivity contribution in [3.63, 3.8) is 0 Å². The lowest BCUT2D eigenvalue weighted by Gasteiger charge is -2.10. The van der Waals surface area contributed by atoms with Gasteiger partial charge in [-0.1, -0.05) is 6.07 Å². The van der Waals surface area contributed by atoms with Gasteiger partial charge in [-0.3, -0.25) is 10.1 Å². The van der Waals surface area contributed by atoms with E-state index in [1.807, 2.05) is 0 Å². The minimum absolute atomic E-state index is 0.0539. The molecule has 2 rings (SSSR count). The summed E-state index contributed by atoms with van der Waals surface area (Å²) in [5, 5.41) is 19.6. The fourth-order valence-electron chi connectivity index (χ4n) is 1.67. The van der Waals surface area contributed by atoms with Crippen molar-refractivity contribution in [2.75, 3.05) is 7.11 Å². The first-order valence-corrected chi connectivity index (χ1v) is 5.85. The standard InChI is InChI=1S/C14H11NO6/c1-20-13-7-9(14(16)17)5-6-12(13)21-11-4-2-3-10(8-11)15(18)19/h2-8H,1H3,(H,16,17). The number of hydrogen-bond donors (Lipinski definition) is 1. The molecule has 7 heteroatoms. The molecular weight excluding hydrogens is 278 g/mol. The number of non-ortho nitro benzene ring substituents is 1. The van der Waals surface area contributed by atoms with E-state index in [1.54, 1.807) is 6.07 Å². The van der Waals surface area contributed by atoms with E-state index in [1.165, 1.54) is 43.5 Å². The SMILES string of the molecule is COc1cc(C(=O)O)ccc1Oc1cccc([N+](=O)[O-])c1. The molecule has 0 radical (unpaired) electrons. The summed E-state index contributed by atoms with van der Waals surface area (Å²) in [4.78, 5) is 21.1. The van der Waals surface area contributed by atoms with Gasteiger partial charge in [0.1, 0.15) is 5.75 Å². The van der Waals surface area contributed by atoms with Gasteiger partial charge in [0.25, 0.3) is 5.69 Å². The van der Waals surface area contributed by atoms with Crippen molar-refractivity contribution in [1.29, 1.82) is 0 Å². The van der Waals surface area contributed by atoms with Crippen LogP contribution in [0.4, 0.5) is 5.69 Å². The minimum atomic E-state index is -1.09. The third-order valence-corrected chi connectivity index (χ3v) is 2.67. The van der Waals surface area contributed by atoms with Crippen LogP contribution in [0.1, 0.15) is 10.4 Å². The molecule has 108 valence electrons. The number of carboxylic acids is 1. The number of ether oxygens (including phenoxy) is 2. The third-order valence-electron chi connectivity index (χ3n) is 2.67. The maximum atomic E-state index is 10.9. The number of nitro groups is 1. The summed E-state index contributed by atoms with van der Waals surface area (Å²) >= 11 is 0. The number of carboxylic acid groups (broad SMARTS) is 1. The van der Waals surface area contributed by atoms with Crippen LogP contribution in [0.5, 0.6) is 17.2 Å². The van der Waals surface area contributed by atoms with Crippen LogP contribution in [0.25, 0.3) is 0 Å². The molecule has 7 nitrogen and oxygen atoms in total. The molecule has 2 aromatic carbocycles. The topological polar surface area (TPSA) is 98.9 Å². The molecule has 0 saturated carbocycles. The maximum absolute atomic E-state index is 10.9. The van der Waals surface area contributed by atoms with E-state index in [4.69, 9.17) is 14.6 Å². The summed E-state index contributed by atoms with van der Waals surface area (Å²) in [6, 6.07) is 9.76. The summed E-state index contributed by atoms with van der Waals surface area (Å²) in [6.07, 6.45) is 0. The molecule has 0 spiro atoms. The lowest BCUT2D eigenvalue weighted by Crippen LogP contribution is -1.98. The highest BCUT2D eigenvalue weighted by Gasteiger charge is 2.12. The molecule has 0 aliphatic heterocycles. The van der Waals surface area contributed by atoms with Crippen LogP contribution in [0.3, 0.4) is 0 Å². The average Bonchev–Trinajstić information content (AvgIpc) is 2.47. The highest BCUT2D eigenvalue weighted by molar-refractivity contribution is 5.88. The molecule has 0 saturated heterocycles. The predicted octanol–water partition coefficient (Wildman–Crippen LogP) is 3.09. The molecular formula is C14H11NO6. The Labute approximate surface area is 119 Å². The fourth-order valence-corrected chi connectivity index (χ4v) is 1.67. The minimum Gasteiger partial charge on any atom is -0.493 e. The Morgan fingerprint density at radius 2 is 1.95 bits per heavy atom. The van der Waals surface area contributed by atoms with Crippen molar-refractivity contribution >= 4 is 11.7 Å². The molecule has 21 heavy (non-hydrogen) atoms. The number of benzene rings is 2. The molecule has 0 bridgehead atoms. The van der Waals surface area contributed by atoms with Gasteiger partial charge >= 0.3 is 5.97 Å². The Balaban J connectivity index is 2.33. The largest absolute Gasteiger partial charge is 0.493 e. The molecule has 0 unspecified atom stereocenters. The van der Waals surface area contributed by atoms with E-state index >= 15 is 0 Å². The van der Waals surface area contributed by atoms with E-state index in [9.17, 15) is 14.9 Å². The van der Waals surface area contributed by atoms with E-state index in [0.29, 0.717) is 0 Å². The van der Waals surface area contributed by atoms with E-state index in [-0.39, 0.29) is 28.5 Å².